The lowest BCUT2D eigenvalue weighted by Crippen LogP contribution is -2.61. The van der Waals surface area contributed by atoms with Gasteiger partial charge in [0.15, 0.2) is 0 Å². The minimum Gasteiger partial charge on any atom is -0.370 e. The van der Waals surface area contributed by atoms with Crippen LogP contribution >= 0.6 is 0 Å². The molecule has 1 aromatic carbocycles. The molecule has 1 aromatic rings. The van der Waals surface area contributed by atoms with E-state index in [1.165, 1.54) is 7.05 Å². The number of carbonyl (C=O) groups excluding carboxylic acids is 12. The fourth-order valence-corrected chi connectivity index (χ4v) is 7.42. The van der Waals surface area contributed by atoms with Crippen molar-refractivity contribution in [1.29, 1.82) is 0 Å². The largest absolute Gasteiger partial charge is 0.370 e. The van der Waals surface area contributed by atoms with Crippen molar-refractivity contribution < 1.29 is 57.5 Å². The Bertz CT molecular complexity index is 1990. The van der Waals surface area contributed by atoms with E-state index in [1.54, 1.807) is 44.2 Å². The van der Waals surface area contributed by atoms with E-state index in [0.717, 1.165) is 4.90 Å². The number of likely N-dealkylation sites (N-methyl/N-ethyl adjacent to an activating group) is 1. The molecule has 1 aliphatic heterocycles. The van der Waals surface area contributed by atoms with E-state index in [-0.39, 0.29) is 19.3 Å². The van der Waals surface area contributed by atoms with Gasteiger partial charge in [-0.25, -0.2) is 0 Å². The number of carbonyl (C=O) groups is 12. The average molecular weight is 927 g/mol. The fourth-order valence-electron chi connectivity index (χ4n) is 7.42. The summed E-state index contributed by atoms with van der Waals surface area (Å²) in [5.74, 6) is -11.2. The topological polar surface area (TPSA) is 382 Å². The summed E-state index contributed by atoms with van der Waals surface area (Å²) < 4.78 is 0. The molecule has 2 aliphatic rings. The van der Waals surface area contributed by atoms with Gasteiger partial charge in [0, 0.05) is 26.3 Å². The first-order chi connectivity index (χ1) is 31.1. The molecular weight excluding hydrogens is 865 g/mol. The SMILES string of the molecule is CC[C@H](C)[C@@H]1NC(=O)[C@H](Cc2ccccc2)NC(=O)CNC(=O)CC[C@@H](C(=O)N(C)CC(=O)NC2(C(=O)NCC(N)=O)CCCC2)NC(=O)[C@H](CC(N)=O)NC(=O)[C@H](CCC(N)=O)NC1=O. The van der Waals surface area contributed by atoms with E-state index in [4.69, 9.17) is 17.2 Å². The molecule has 0 bridgehead atoms. The minimum absolute atomic E-state index is 0.0371. The molecule has 24 nitrogen and oxygen atoms in total. The van der Waals surface area contributed by atoms with E-state index in [9.17, 15) is 57.5 Å². The molecule has 1 aliphatic carbocycles. The molecule has 2 fully saturated rings. The summed E-state index contributed by atoms with van der Waals surface area (Å²) in [4.78, 5) is 159. The normalized spacial score (nSPS) is 22.6. The minimum atomic E-state index is -1.81. The zero-order valence-corrected chi connectivity index (χ0v) is 37.3. The third-order valence-corrected chi connectivity index (χ3v) is 11.2. The van der Waals surface area contributed by atoms with Crippen LogP contribution in [-0.2, 0) is 64.0 Å². The highest BCUT2D eigenvalue weighted by Gasteiger charge is 2.43. The molecule has 0 aromatic heterocycles. The van der Waals surface area contributed by atoms with Gasteiger partial charge in [-0.05, 0) is 37.2 Å². The van der Waals surface area contributed by atoms with Crippen molar-refractivity contribution in [3.8, 4) is 0 Å². The zero-order chi connectivity index (χ0) is 49.1. The summed E-state index contributed by atoms with van der Waals surface area (Å²) in [5, 5.41) is 19.9. The van der Waals surface area contributed by atoms with Crippen molar-refractivity contribution in [3.63, 3.8) is 0 Å². The molecule has 66 heavy (non-hydrogen) atoms. The number of benzene rings is 1. The van der Waals surface area contributed by atoms with E-state index in [1.807, 2.05) is 0 Å². The highest BCUT2D eigenvalue weighted by molar-refractivity contribution is 5.99. The monoisotopic (exact) mass is 926 g/mol. The molecule has 24 heteroatoms. The predicted molar refractivity (Wildman–Crippen MR) is 233 cm³/mol. The number of nitrogens with one attached hydrogen (secondary N) is 8. The van der Waals surface area contributed by atoms with Gasteiger partial charge in [-0.3, -0.25) is 57.5 Å². The number of amides is 12. The number of rotatable bonds is 16. The summed E-state index contributed by atoms with van der Waals surface area (Å²) in [5.41, 5.74) is 15.2. The van der Waals surface area contributed by atoms with Crippen molar-refractivity contribution in [2.45, 2.75) is 120 Å². The second-order valence-corrected chi connectivity index (χ2v) is 16.5. The Morgan fingerprint density at radius 3 is 2.00 bits per heavy atom. The Balaban J connectivity index is 2.00. The quantitative estimate of drug-likeness (QED) is 0.0745. The van der Waals surface area contributed by atoms with E-state index in [2.05, 4.69) is 42.5 Å². The summed E-state index contributed by atoms with van der Waals surface area (Å²) in [7, 11) is 1.20. The van der Waals surface area contributed by atoms with E-state index in [0.29, 0.717) is 24.8 Å². The van der Waals surface area contributed by atoms with Crippen LogP contribution in [0, 0.1) is 5.92 Å². The molecule has 6 atom stereocenters. The van der Waals surface area contributed by atoms with Gasteiger partial charge < -0.3 is 64.6 Å². The molecule has 362 valence electrons. The summed E-state index contributed by atoms with van der Waals surface area (Å²) in [6, 6.07) is 0.998. The summed E-state index contributed by atoms with van der Waals surface area (Å²) in [6.07, 6.45) is -0.743. The molecule has 1 saturated carbocycles. The second kappa shape index (κ2) is 25.4. The van der Waals surface area contributed by atoms with Gasteiger partial charge in [-0.15, -0.1) is 0 Å². The van der Waals surface area contributed by atoms with Crippen molar-refractivity contribution in [2.24, 2.45) is 23.1 Å². The average Bonchev–Trinajstić information content (AvgIpc) is 3.74. The van der Waals surface area contributed by atoms with Crippen LogP contribution in [0.25, 0.3) is 0 Å². The highest BCUT2D eigenvalue weighted by atomic mass is 16.2. The zero-order valence-electron chi connectivity index (χ0n) is 37.3. The van der Waals surface area contributed by atoms with Crippen LogP contribution in [-0.4, -0.2) is 138 Å². The second-order valence-electron chi connectivity index (χ2n) is 16.5. The first-order valence-electron chi connectivity index (χ1n) is 21.6. The predicted octanol–water partition coefficient (Wildman–Crippen LogP) is -4.76. The van der Waals surface area contributed by atoms with Crippen molar-refractivity contribution in [2.75, 3.05) is 26.7 Å². The number of hydrogen-bond acceptors (Lipinski definition) is 12. The summed E-state index contributed by atoms with van der Waals surface area (Å²) >= 11 is 0. The Hall–Kier alpha value is -7.14. The van der Waals surface area contributed by atoms with Crippen LogP contribution in [0.3, 0.4) is 0 Å². The van der Waals surface area contributed by atoms with E-state index < -0.39 is 164 Å². The number of primary amides is 3. The van der Waals surface area contributed by atoms with Crippen LogP contribution in [0.15, 0.2) is 30.3 Å². The van der Waals surface area contributed by atoms with Crippen molar-refractivity contribution >= 4 is 70.9 Å². The molecule has 0 radical (unpaired) electrons. The molecule has 12 amide bonds. The van der Waals surface area contributed by atoms with Crippen molar-refractivity contribution in [1.82, 2.24) is 47.4 Å². The third kappa shape index (κ3) is 16.8. The van der Waals surface area contributed by atoms with Gasteiger partial charge >= 0.3 is 0 Å². The summed E-state index contributed by atoms with van der Waals surface area (Å²) in [6.45, 7) is 1.61. The molecular formula is C42H62N12O12. The maximum Gasteiger partial charge on any atom is 0.246 e. The smallest absolute Gasteiger partial charge is 0.246 e. The van der Waals surface area contributed by atoms with Crippen LogP contribution in [0.5, 0.6) is 0 Å². The van der Waals surface area contributed by atoms with Gasteiger partial charge in [-0.2, -0.15) is 0 Å². The van der Waals surface area contributed by atoms with Crippen LogP contribution in [0.4, 0.5) is 0 Å². The Labute approximate surface area is 381 Å². The maximum atomic E-state index is 14.0. The van der Waals surface area contributed by atoms with Crippen molar-refractivity contribution in [3.05, 3.63) is 35.9 Å². The first kappa shape index (κ1) is 53.2. The molecule has 14 N–H and O–H groups in total. The fraction of sp³-hybridized carbons (Fsp3) is 0.571. The third-order valence-electron chi connectivity index (χ3n) is 11.2. The van der Waals surface area contributed by atoms with Crippen LogP contribution in [0.1, 0.15) is 83.6 Å². The van der Waals surface area contributed by atoms with Gasteiger partial charge in [0.05, 0.1) is 26.1 Å². The Morgan fingerprint density at radius 1 is 0.773 bits per heavy atom. The Morgan fingerprint density at radius 2 is 1.39 bits per heavy atom. The van der Waals surface area contributed by atoms with Gasteiger partial charge in [0.25, 0.3) is 0 Å². The standard InChI is InChI=1S/C42H62N12O12/c1-4-23(2)35-39(64)49-25(12-14-29(43)55)36(61)51-28(19-30(44)56)37(62)50-26(40(65)54(3)22-34(60)53-42(16-8-9-17-42)41(66)47-20-31(45)57)13-15-32(58)46-21-33(59)48-27(38(63)52-35)18-24-10-6-5-7-11-24/h5-7,10-11,23,25-28,35H,4,8-9,12-22H2,1-3H3,(H2,43,55)(H2,44,56)(H2,45,57)(H,46,58)(H,47,66)(H,48,59)(H,49,64)(H,50,62)(H,51,61)(H,52,63)(H,53,60)/t23-,25-,26-,27-,28-,35-/m0/s1. The molecule has 3 rings (SSSR count). The molecule has 1 saturated heterocycles. The molecule has 0 spiro atoms. The lowest BCUT2D eigenvalue weighted by molar-refractivity contribution is -0.141. The lowest BCUT2D eigenvalue weighted by atomic mass is 9.96. The Kier molecular flexibility index (Phi) is 20.5. The number of hydrogen-bond donors (Lipinski definition) is 11. The van der Waals surface area contributed by atoms with Gasteiger partial charge in [0.1, 0.15) is 35.7 Å². The number of nitrogens with two attached hydrogens (primary N) is 3. The molecule has 0 unspecified atom stereocenters. The van der Waals surface area contributed by atoms with Gasteiger partial charge in [0.2, 0.25) is 70.9 Å². The number of nitrogens with zero attached hydrogens (tertiary/aromatic N) is 1. The lowest BCUT2D eigenvalue weighted by Gasteiger charge is -2.31. The van der Waals surface area contributed by atoms with Crippen LogP contribution in [0.2, 0.25) is 0 Å². The van der Waals surface area contributed by atoms with Crippen LogP contribution < -0.4 is 59.7 Å². The first-order valence-corrected chi connectivity index (χ1v) is 21.6. The van der Waals surface area contributed by atoms with Gasteiger partial charge in [-0.1, -0.05) is 63.4 Å². The molecule has 1 heterocycles. The highest BCUT2D eigenvalue weighted by Crippen LogP contribution is 2.30. The maximum absolute atomic E-state index is 14.0. The van der Waals surface area contributed by atoms with E-state index >= 15 is 0 Å².